The minimum atomic E-state index is -0.601. The van der Waals surface area contributed by atoms with Crippen LogP contribution in [0.25, 0.3) is 16.2 Å². The number of fused-ring (bicyclic) bond motifs is 1. The fraction of sp³-hybridized carbons (Fsp3) is 0.154. The van der Waals surface area contributed by atoms with Crippen molar-refractivity contribution >= 4 is 28.6 Å². The van der Waals surface area contributed by atoms with Crippen molar-refractivity contribution in [2.24, 2.45) is 0 Å². The molecule has 1 atom stereocenters. The third-order valence-corrected chi connectivity index (χ3v) is 3.96. The first-order chi connectivity index (χ1) is 8.68. The zero-order chi connectivity index (χ0) is 12.7. The molecule has 1 unspecified atom stereocenters. The van der Waals surface area contributed by atoms with Crippen molar-refractivity contribution in [3.05, 3.63) is 46.6 Å². The molecule has 0 aliphatic heterocycles. The molecule has 0 radical (unpaired) electrons. The zero-order valence-electron chi connectivity index (χ0n) is 9.67. The normalized spacial score (nSPS) is 13.1. The smallest absolute Gasteiger partial charge is 0.156 e. The Kier molecular flexibility index (Phi) is 2.86. The van der Waals surface area contributed by atoms with E-state index in [1.165, 1.54) is 0 Å². The maximum atomic E-state index is 9.98. The molecule has 5 heteroatoms. The molecule has 3 nitrogen and oxygen atoms in total. The topological polar surface area (TPSA) is 37.5 Å². The van der Waals surface area contributed by atoms with Gasteiger partial charge in [0.05, 0.1) is 21.7 Å². The van der Waals surface area contributed by atoms with E-state index in [-0.39, 0.29) is 0 Å². The summed E-state index contributed by atoms with van der Waals surface area (Å²) in [7, 11) is 0. The summed E-state index contributed by atoms with van der Waals surface area (Å²) in [5, 5.41) is 12.6. The van der Waals surface area contributed by atoms with Crippen LogP contribution < -0.4 is 0 Å². The van der Waals surface area contributed by atoms with E-state index in [9.17, 15) is 5.11 Å². The van der Waals surface area contributed by atoms with Crippen LogP contribution in [0.1, 0.15) is 18.7 Å². The van der Waals surface area contributed by atoms with E-state index in [0.29, 0.717) is 10.7 Å². The van der Waals surface area contributed by atoms with E-state index >= 15 is 0 Å². The number of thiophene rings is 1. The highest BCUT2D eigenvalue weighted by Gasteiger charge is 2.19. The number of aliphatic hydroxyl groups is 1. The van der Waals surface area contributed by atoms with E-state index in [0.717, 1.165) is 16.3 Å². The number of aliphatic hydroxyl groups excluding tert-OH is 1. The summed E-state index contributed by atoms with van der Waals surface area (Å²) in [5.41, 5.74) is 2.25. The Morgan fingerprint density at radius 2 is 2.22 bits per heavy atom. The molecule has 0 spiro atoms. The molecule has 0 fully saturated rings. The highest BCUT2D eigenvalue weighted by Crippen LogP contribution is 2.33. The van der Waals surface area contributed by atoms with Gasteiger partial charge in [-0.2, -0.15) is 0 Å². The number of imidazole rings is 1. The second kappa shape index (κ2) is 4.39. The average molecular weight is 279 g/mol. The van der Waals surface area contributed by atoms with Crippen molar-refractivity contribution < 1.29 is 5.11 Å². The molecule has 0 bridgehead atoms. The van der Waals surface area contributed by atoms with Gasteiger partial charge in [0.1, 0.15) is 5.69 Å². The average Bonchev–Trinajstić information content (AvgIpc) is 2.95. The van der Waals surface area contributed by atoms with Crippen molar-refractivity contribution in [2.75, 3.05) is 0 Å². The van der Waals surface area contributed by atoms with Gasteiger partial charge in [-0.1, -0.05) is 17.7 Å². The molecule has 3 aromatic rings. The van der Waals surface area contributed by atoms with Gasteiger partial charge in [-0.05, 0) is 30.5 Å². The Balaban J connectivity index is 2.38. The maximum absolute atomic E-state index is 9.98. The highest BCUT2D eigenvalue weighted by molar-refractivity contribution is 7.13. The van der Waals surface area contributed by atoms with Crippen LogP contribution in [0, 0.1) is 0 Å². The molecular formula is C13H11ClN2OS. The SMILES string of the molecule is CC(O)c1c(-c2cccs2)nc2c(Cl)cccn12. The highest BCUT2D eigenvalue weighted by atomic mass is 35.5. The molecule has 0 saturated carbocycles. The molecule has 92 valence electrons. The molecule has 3 rings (SSSR count). The van der Waals surface area contributed by atoms with E-state index in [1.807, 2.05) is 34.2 Å². The second-order valence-corrected chi connectivity index (χ2v) is 5.40. The summed E-state index contributed by atoms with van der Waals surface area (Å²) in [6, 6.07) is 7.61. The van der Waals surface area contributed by atoms with Gasteiger partial charge in [0, 0.05) is 6.20 Å². The summed E-state index contributed by atoms with van der Waals surface area (Å²) in [6.45, 7) is 1.74. The minimum Gasteiger partial charge on any atom is -0.387 e. The molecule has 3 aromatic heterocycles. The van der Waals surface area contributed by atoms with Crippen LogP contribution in [-0.2, 0) is 0 Å². The van der Waals surface area contributed by atoms with Crippen LogP contribution in [0.2, 0.25) is 5.02 Å². The third-order valence-electron chi connectivity index (χ3n) is 2.79. The lowest BCUT2D eigenvalue weighted by Gasteiger charge is -2.06. The van der Waals surface area contributed by atoms with E-state index in [2.05, 4.69) is 4.98 Å². The quantitative estimate of drug-likeness (QED) is 0.775. The van der Waals surface area contributed by atoms with E-state index in [4.69, 9.17) is 11.6 Å². The van der Waals surface area contributed by atoms with Crippen molar-refractivity contribution in [1.82, 2.24) is 9.38 Å². The van der Waals surface area contributed by atoms with Crippen LogP contribution in [0.4, 0.5) is 0 Å². The number of hydrogen-bond acceptors (Lipinski definition) is 3. The van der Waals surface area contributed by atoms with Gasteiger partial charge in [0.15, 0.2) is 5.65 Å². The Labute approximate surface area is 113 Å². The molecular weight excluding hydrogens is 268 g/mol. The van der Waals surface area contributed by atoms with E-state index in [1.54, 1.807) is 24.3 Å². The number of pyridine rings is 1. The standard InChI is InChI=1S/C13H11ClN2OS/c1-8(17)12-11(10-5-3-7-18-10)15-13-9(14)4-2-6-16(12)13/h2-8,17H,1H3. The number of nitrogens with zero attached hydrogens (tertiary/aromatic N) is 2. The fourth-order valence-electron chi connectivity index (χ4n) is 2.05. The Morgan fingerprint density at radius 3 is 2.89 bits per heavy atom. The van der Waals surface area contributed by atoms with Crippen LogP contribution in [0.3, 0.4) is 0 Å². The van der Waals surface area contributed by atoms with Crippen molar-refractivity contribution in [1.29, 1.82) is 0 Å². The zero-order valence-corrected chi connectivity index (χ0v) is 11.2. The molecule has 0 saturated heterocycles. The van der Waals surface area contributed by atoms with E-state index < -0.39 is 6.10 Å². The molecule has 18 heavy (non-hydrogen) atoms. The fourth-order valence-corrected chi connectivity index (χ4v) is 2.98. The van der Waals surface area contributed by atoms with Gasteiger partial charge in [0.2, 0.25) is 0 Å². The number of halogens is 1. The second-order valence-electron chi connectivity index (χ2n) is 4.05. The molecule has 0 aliphatic carbocycles. The van der Waals surface area contributed by atoms with Crippen LogP contribution in [-0.4, -0.2) is 14.5 Å². The van der Waals surface area contributed by atoms with Gasteiger partial charge >= 0.3 is 0 Å². The minimum absolute atomic E-state index is 0.585. The van der Waals surface area contributed by atoms with Gasteiger partial charge in [-0.15, -0.1) is 11.3 Å². The van der Waals surface area contributed by atoms with Gasteiger partial charge in [-0.3, -0.25) is 4.40 Å². The first-order valence-corrected chi connectivity index (χ1v) is 6.82. The lowest BCUT2D eigenvalue weighted by molar-refractivity contribution is 0.194. The van der Waals surface area contributed by atoms with Crippen molar-refractivity contribution in [3.8, 4) is 10.6 Å². The molecule has 1 N–H and O–H groups in total. The molecule has 0 aromatic carbocycles. The van der Waals surface area contributed by atoms with Crippen molar-refractivity contribution in [2.45, 2.75) is 13.0 Å². The first kappa shape index (κ1) is 11.7. The first-order valence-electron chi connectivity index (χ1n) is 5.57. The number of aromatic nitrogens is 2. The van der Waals surface area contributed by atoms with Gasteiger partial charge in [-0.25, -0.2) is 4.98 Å². The molecule has 0 amide bonds. The third kappa shape index (κ3) is 1.73. The molecule has 0 aliphatic rings. The summed E-state index contributed by atoms with van der Waals surface area (Å²) < 4.78 is 1.85. The lowest BCUT2D eigenvalue weighted by Crippen LogP contribution is -1.98. The van der Waals surface area contributed by atoms with Crippen LogP contribution in [0.15, 0.2) is 35.8 Å². The van der Waals surface area contributed by atoms with Gasteiger partial charge < -0.3 is 5.11 Å². The number of rotatable bonds is 2. The van der Waals surface area contributed by atoms with Crippen LogP contribution >= 0.6 is 22.9 Å². The summed E-state index contributed by atoms with van der Waals surface area (Å²) >= 11 is 7.75. The monoisotopic (exact) mass is 278 g/mol. The van der Waals surface area contributed by atoms with Gasteiger partial charge in [0.25, 0.3) is 0 Å². The Hall–Kier alpha value is -1.36. The van der Waals surface area contributed by atoms with Crippen molar-refractivity contribution in [3.63, 3.8) is 0 Å². The molecule has 3 heterocycles. The Bertz CT molecular complexity index is 688. The summed E-state index contributed by atoms with van der Waals surface area (Å²) in [6.07, 6.45) is 1.27. The summed E-state index contributed by atoms with van der Waals surface area (Å²) in [4.78, 5) is 5.59. The largest absolute Gasteiger partial charge is 0.387 e. The predicted molar refractivity (Wildman–Crippen MR) is 74.1 cm³/mol. The predicted octanol–water partition coefficient (Wildman–Crippen LogP) is 3.77. The Morgan fingerprint density at radius 1 is 1.39 bits per heavy atom. The summed E-state index contributed by atoms with van der Waals surface area (Å²) in [5.74, 6) is 0. The maximum Gasteiger partial charge on any atom is 0.156 e. The van der Waals surface area contributed by atoms with Crippen LogP contribution in [0.5, 0.6) is 0 Å². The number of hydrogen-bond donors (Lipinski definition) is 1. The lowest BCUT2D eigenvalue weighted by atomic mass is 10.2.